The molecule has 5 rings (SSSR count). The highest BCUT2D eigenvalue weighted by atomic mass is 32.2. The molecule has 2 saturated heterocycles. The number of likely N-dealkylation sites (tertiary alicyclic amines) is 1. The fraction of sp³-hybridized carbons (Fsp3) is 0.448. The topological polar surface area (TPSA) is 135 Å². The highest BCUT2D eigenvalue weighted by Crippen LogP contribution is 2.35. The van der Waals surface area contributed by atoms with E-state index in [4.69, 9.17) is 9.88 Å². The van der Waals surface area contributed by atoms with Gasteiger partial charge in [-0.3, -0.25) is 10.1 Å². The lowest BCUT2D eigenvalue weighted by Crippen LogP contribution is -2.37. The molecule has 2 atom stereocenters. The Bertz CT molecular complexity index is 1550. The highest BCUT2D eigenvalue weighted by molar-refractivity contribution is 7.87. The third-order valence-electron chi connectivity index (χ3n) is 7.93. The molecule has 0 bridgehead atoms. The number of anilines is 2. The second-order valence-corrected chi connectivity index (χ2v) is 12.4. The summed E-state index contributed by atoms with van der Waals surface area (Å²) in [6, 6.07) is 9.69. The van der Waals surface area contributed by atoms with Crippen molar-refractivity contribution in [1.29, 1.82) is 0 Å². The SMILES string of the molecule is Cc1ccc(Cn2ccnc2NC(=O)[C@@H]2CN(CCCNS(N)(=O)=O)C[C@H]2c2ccc(F)cc2F)c(N2CCOCC2)c1. The Kier molecular flexibility index (Phi) is 9.72. The van der Waals surface area contributed by atoms with Gasteiger partial charge in [0.2, 0.25) is 11.9 Å². The van der Waals surface area contributed by atoms with E-state index in [2.05, 4.69) is 45.0 Å². The van der Waals surface area contributed by atoms with Gasteiger partial charge < -0.3 is 19.1 Å². The van der Waals surface area contributed by atoms with Gasteiger partial charge in [-0.05, 0) is 48.7 Å². The van der Waals surface area contributed by atoms with Crippen LogP contribution in [0.15, 0.2) is 48.8 Å². The molecule has 232 valence electrons. The van der Waals surface area contributed by atoms with E-state index in [1.165, 1.54) is 12.1 Å². The molecule has 2 aromatic carbocycles. The molecule has 0 unspecified atom stereocenters. The minimum absolute atomic E-state index is 0.130. The minimum atomic E-state index is -3.81. The Morgan fingerprint density at radius 1 is 1.14 bits per heavy atom. The molecule has 0 aliphatic carbocycles. The number of amides is 1. The number of aromatic nitrogens is 2. The summed E-state index contributed by atoms with van der Waals surface area (Å²) in [6.07, 6.45) is 3.86. The molecule has 0 radical (unpaired) electrons. The summed E-state index contributed by atoms with van der Waals surface area (Å²) in [5, 5.41) is 7.95. The number of rotatable bonds is 11. The van der Waals surface area contributed by atoms with E-state index < -0.39 is 33.7 Å². The first kappa shape index (κ1) is 31.0. The van der Waals surface area contributed by atoms with Crippen molar-refractivity contribution < 1.29 is 26.7 Å². The van der Waals surface area contributed by atoms with Crippen LogP contribution in [0, 0.1) is 24.5 Å². The van der Waals surface area contributed by atoms with Gasteiger partial charge in [-0.25, -0.2) is 23.6 Å². The zero-order valence-corrected chi connectivity index (χ0v) is 24.8. The minimum Gasteiger partial charge on any atom is -0.378 e. The van der Waals surface area contributed by atoms with Gasteiger partial charge in [-0.2, -0.15) is 8.42 Å². The summed E-state index contributed by atoms with van der Waals surface area (Å²) >= 11 is 0. The molecule has 11 nitrogen and oxygen atoms in total. The van der Waals surface area contributed by atoms with Gasteiger partial charge in [0.1, 0.15) is 11.6 Å². The Morgan fingerprint density at radius 2 is 1.93 bits per heavy atom. The number of hydrogen-bond donors (Lipinski definition) is 3. The fourth-order valence-corrected chi connectivity index (χ4v) is 6.25. The molecule has 3 aromatic rings. The molecular weight excluding hydrogens is 580 g/mol. The Balaban J connectivity index is 1.32. The molecule has 0 spiro atoms. The lowest BCUT2D eigenvalue weighted by molar-refractivity contribution is -0.120. The molecule has 2 aliphatic rings. The van der Waals surface area contributed by atoms with Crippen LogP contribution < -0.4 is 20.1 Å². The van der Waals surface area contributed by atoms with E-state index in [1.54, 1.807) is 12.4 Å². The molecular formula is C29H37F2N7O4S. The van der Waals surface area contributed by atoms with Crippen LogP contribution in [0.2, 0.25) is 0 Å². The van der Waals surface area contributed by atoms with Crippen molar-refractivity contribution in [2.24, 2.45) is 11.1 Å². The molecule has 3 heterocycles. The summed E-state index contributed by atoms with van der Waals surface area (Å²) in [7, 11) is -3.81. The van der Waals surface area contributed by atoms with E-state index in [0.717, 1.165) is 36.0 Å². The molecule has 4 N–H and O–H groups in total. The van der Waals surface area contributed by atoms with E-state index in [9.17, 15) is 22.0 Å². The Hall–Kier alpha value is -3.43. The average molecular weight is 618 g/mol. The van der Waals surface area contributed by atoms with Crippen LogP contribution in [0.1, 0.15) is 29.0 Å². The van der Waals surface area contributed by atoms with Gasteiger partial charge in [0.25, 0.3) is 10.2 Å². The van der Waals surface area contributed by atoms with Crippen molar-refractivity contribution in [2.45, 2.75) is 25.8 Å². The number of morpholine rings is 1. The first-order valence-corrected chi connectivity index (χ1v) is 15.8. The van der Waals surface area contributed by atoms with Crippen molar-refractivity contribution in [3.8, 4) is 0 Å². The van der Waals surface area contributed by atoms with E-state index in [0.29, 0.717) is 51.8 Å². The average Bonchev–Trinajstić information content (AvgIpc) is 3.59. The normalized spacial score (nSPS) is 19.6. The standard InChI is InChI=1S/C29H37F2N7O4S/c1-20-3-4-21(27(15-20)37-11-13-42-14-12-37)17-38-10-8-33-29(38)35-28(39)25-19-36(9-2-7-34-43(32,40)41)18-24(25)23-6-5-22(30)16-26(23)31/h3-6,8,10,15-16,24-25,34H,2,7,9,11-14,17-19H2,1H3,(H2,32,40,41)(H,33,35,39)/t24-,25+/m0/s1. The van der Waals surface area contributed by atoms with Gasteiger partial charge in [-0.1, -0.05) is 18.2 Å². The van der Waals surface area contributed by atoms with Crippen molar-refractivity contribution >= 4 is 27.8 Å². The third kappa shape index (κ3) is 7.95. The number of imidazole rings is 1. The number of carbonyl (C=O) groups is 1. The zero-order chi connectivity index (χ0) is 30.6. The van der Waals surface area contributed by atoms with Gasteiger partial charge in [0.05, 0.1) is 25.7 Å². The van der Waals surface area contributed by atoms with Crippen LogP contribution in [0.5, 0.6) is 0 Å². The maximum absolute atomic E-state index is 14.9. The van der Waals surface area contributed by atoms with Crippen LogP contribution in [0.4, 0.5) is 20.4 Å². The summed E-state index contributed by atoms with van der Waals surface area (Å²) in [6.45, 7) is 6.68. The van der Waals surface area contributed by atoms with Crippen LogP contribution in [0.25, 0.3) is 0 Å². The predicted molar refractivity (Wildman–Crippen MR) is 159 cm³/mol. The first-order chi connectivity index (χ1) is 20.6. The van der Waals surface area contributed by atoms with Crippen molar-refractivity contribution in [1.82, 2.24) is 19.2 Å². The molecule has 1 aromatic heterocycles. The van der Waals surface area contributed by atoms with E-state index in [-0.39, 0.29) is 18.0 Å². The molecule has 14 heteroatoms. The van der Waals surface area contributed by atoms with Gasteiger partial charge >= 0.3 is 0 Å². The van der Waals surface area contributed by atoms with Crippen LogP contribution in [-0.4, -0.2) is 81.3 Å². The second kappa shape index (κ2) is 13.5. The first-order valence-electron chi connectivity index (χ1n) is 14.3. The number of benzene rings is 2. The lowest BCUT2D eigenvalue weighted by atomic mass is 9.88. The van der Waals surface area contributed by atoms with Gasteiger partial charge in [0, 0.05) is 62.8 Å². The quantitative estimate of drug-likeness (QED) is 0.281. The van der Waals surface area contributed by atoms with Gasteiger partial charge in [-0.15, -0.1) is 0 Å². The largest absolute Gasteiger partial charge is 0.378 e. The molecule has 1 amide bonds. The molecule has 2 fully saturated rings. The number of ether oxygens (including phenoxy) is 1. The van der Waals surface area contributed by atoms with Crippen molar-refractivity contribution in [3.05, 3.63) is 77.1 Å². The number of nitrogens with zero attached hydrogens (tertiary/aromatic N) is 4. The second-order valence-electron chi connectivity index (χ2n) is 11.0. The summed E-state index contributed by atoms with van der Waals surface area (Å²) in [4.78, 5) is 22.4. The zero-order valence-electron chi connectivity index (χ0n) is 24.0. The van der Waals surface area contributed by atoms with Gasteiger partial charge in [0.15, 0.2) is 0 Å². The highest BCUT2D eigenvalue weighted by Gasteiger charge is 2.40. The molecule has 43 heavy (non-hydrogen) atoms. The van der Waals surface area contributed by atoms with E-state index >= 15 is 0 Å². The van der Waals surface area contributed by atoms with E-state index in [1.807, 2.05) is 9.47 Å². The number of nitrogens with one attached hydrogen (secondary N) is 2. The molecule has 0 saturated carbocycles. The van der Waals surface area contributed by atoms with Crippen LogP contribution in [-0.2, 0) is 26.3 Å². The number of nitrogens with two attached hydrogens (primary N) is 1. The molecule has 2 aliphatic heterocycles. The monoisotopic (exact) mass is 617 g/mol. The smallest absolute Gasteiger partial charge is 0.274 e. The van der Waals surface area contributed by atoms with Crippen LogP contribution in [0.3, 0.4) is 0 Å². The maximum Gasteiger partial charge on any atom is 0.274 e. The predicted octanol–water partition coefficient (Wildman–Crippen LogP) is 2.19. The fourth-order valence-electron chi connectivity index (χ4n) is 5.82. The Labute approximate surface area is 250 Å². The summed E-state index contributed by atoms with van der Waals surface area (Å²) in [5.41, 5.74) is 3.59. The Morgan fingerprint density at radius 3 is 2.67 bits per heavy atom. The lowest BCUT2D eigenvalue weighted by Gasteiger charge is -2.31. The summed E-state index contributed by atoms with van der Waals surface area (Å²) < 4.78 is 60.6. The van der Waals surface area contributed by atoms with Crippen molar-refractivity contribution in [2.75, 3.05) is 62.7 Å². The number of halogens is 2. The number of aryl methyl sites for hydroxylation is 1. The third-order valence-corrected chi connectivity index (χ3v) is 8.54. The number of carbonyl (C=O) groups excluding carboxylic acids is 1. The maximum atomic E-state index is 14.9. The summed E-state index contributed by atoms with van der Waals surface area (Å²) in [5.74, 6) is -2.56. The van der Waals surface area contributed by atoms with Crippen LogP contribution >= 0.6 is 0 Å². The number of hydrogen-bond acceptors (Lipinski definition) is 7. The van der Waals surface area contributed by atoms with Crippen molar-refractivity contribution in [3.63, 3.8) is 0 Å².